The maximum absolute atomic E-state index is 12.5. The summed E-state index contributed by atoms with van der Waals surface area (Å²) in [6.45, 7) is 4.18. The Kier molecular flexibility index (Phi) is 5.78. The summed E-state index contributed by atoms with van der Waals surface area (Å²) >= 11 is 1.36. The predicted molar refractivity (Wildman–Crippen MR) is 103 cm³/mol. The fraction of sp³-hybridized carbons (Fsp3) is 0.316. The smallest absolute Gasteiger partial charge is 0.234 e. The second-order valence-corrected chi connectivity index (χ2v) is 6.78. The summed E-state index contributed by atoms with van der Waals surface area (Å²) in [5.41, 5.74) is 3.25. The molecule has 0 spiro atoms. The molecule has 0 saturated carbocycles. The van der Waals surface area contributed by atoms with Crippen molar-refractivity contribution in [1.29, 1.82) is 0 Å². The molecule has 0 bridgehead atoms. The average molecular weight is 370 g/mol. The highest BCUT2D eigenvalue weighted by Gasteiger charge is 2.15. The first-order valence-electron chi connectivity index (χ1n) is 8.60. The van der Waals surface area contributed by atoms with Gasteiger partial charge in [-0.05, 0) is 36.1 Å². The Bertz CT molecular complexity index is 865. The lowest BCUT2D eigenvalue weighted by Crippen LogP contribution is -2.17. The molecule has 6 nitrogen and oxygen atoms in total. The summed E-state index contributed by atoms with van der Waals surface area (Å²) in [5, 5.41) is 12.0. The van der Waals surface area contributed by atoms with E-state index in [0.717, 1.165) is 29.7 Å². The van der Waals surface area contributed by atoms with Crippen LogP contribution in [0.25, 0.3) is 11.6 Å². The van der Waals surface area contributed by atoms with E-state index in [1.165, 1.54) is 11.8 Å². The number of hydrogen-bond donors (Lipinski definition) is 1. The van der Waals surface area contributed by atoms with Gasteiger partial charge in [0.15, 0.2) is 16.7 Å². The van der Waals surface area contributed by atoms with Gasteiger partial charge in [0, 0.05) is 12.7 Å². The van der Waals surface area contributed by atoms with Crippen LogP contribution in [0.5, 0.6) is 0 Å². The van der Waals surface area contributed by atoms with Crippen LogP contribution < -0.4 is 5.32 Å². The van der Waals surface area contributed by atoms with Crippen LogP contribution in [-0.4, -0.2) is 26.4 Å². The maximum Gasteiger partial charge on any atom is 0.234 e. The van der Waals surface area contributed by atoms with Crippen molar-refractivity contribution < 1.29 is 9.21 Å². The minimum absolute atomic E-state index is 0.0480. The van der Waals surface area contributed by atoms with Crippen LogP contribution in [0.2, 0.25) is 0 Å². The van der Waals surface area contributed by atoms with E-state index in [9.17, 15) is 4.79 Å². The number of rotatable bonds is 7. The van der Waals surface area contributed by atoms with E-state index in [-0.39, 0.29) is 11.7 Å². The third-order valence-electron chi connectivity index (χ3n) is 4.17. The zero-order valence-electron chi connectivity index (χ0n) is 15.2. The molecular weight excluding hydrogens is 348 g/mol. The van der Waals surface area contributed by atoms with E-state index >= 15 is 0 Å². The number of amides is 1. The maximum atomic E-state index is 12.5. The van der Waals surface area contributed by atoms with Gasteiger partial charge in [0.1, 0.15) is 0 Å². The molecule has 0 aliphatic heterocycles. The number of hydrogen-bond acceptors (Lipinski definition) is 5. The zero-order valence-corrected chi connectivity index (χ0v) is 16.0. The van der Waals surface area contributed by atoms with Crippen LogP contribution in [0.1, 0.15) is 25.0 Å². The molecule has 0 atom stereocenters. The molecule has 1 N–H and O–H groups in total. The molecule has 2 aromatic heterocycles. The van der Waals surface area contributed by atoms with E-state index in [4.69, 9.17) is 4.42 Å². The second-order valence-electron chi connectivity index (χ2n) is 5.84. The van der Waals surface area contributed by atoms with Crippen molar-refractivity contribution in [1.82, 2.24) is 14.8 Å². The van der Waals surface area contributed by atoms with Gasteiger partial charge in [-0.1, -0.05) is 43.8 Å². The molecule has 3 rings (SSSR count). The fourth-order valence-corrected chi connectivity index (χ4v) is 3.48. The van der Waals surface area contributed by atoms with Crippen molar-refractivity contribution in [2.24, 2.45) is 7.05 Å². The predicted octanol–water partition coefficient (Wildman–Crippen LogP) is 3.93. The Morgan fingerprint density at radius 2 is 1.88 bits per heavy atom. The molecule has 7 heteroatoms. The summed E-state index contributed by atoms with van der Waals surface area (Å²) in [5.74, 6) is 1.52. The van der Waals surface area contributed by atoms with E-state index in [2.05, 4.69) is 41.5 Å². The number of anilines is 1. The first-order valence-corrected chi connectivity index (χ1v) is 9.59. The summed E-state index contributed by atoms with van der Waals surface area (Å²) in [6.07, 6.45) is 3.36. The van der Waals surface area contributed by atoms with Crippen LogP contribution in [0.15, 0.2) is 46.2 Å². The number of nitrogens with one attached hydrogen (secondary N) is 1. The molecule has 0 aliphatic carbocycles. The number of aromatic nitrogens is 3. The third kappa shape index (κ3) is 3.83. The molecule has 1 aromatic carbocycles. The topological polar surface area (TPSA) is 73.0 Å². The summed E-state index contributed by atoms with van der Waals surface area (Å²) in [4.78, 5) is 12.5. The fourth-order valence-electron chi connectivity index (χ4n) is 2.77. The third-order valence-corrected chi connectivity index (χ3v) is 5.19. The first-order chi connectivity index (χ1) is 12.6. The molecule has 0 unspecified atom stereocenters. The number of furan rings is 1. The largest absolute Gasteiger partial charge is 0.461 e. The Hall–Kier alpha value is -2.54. The molecule has 0 fully saturated rings. The molecule has 2 heterocycles. The molecule has 136 valence electrons. The number of thioether (sulfide) groups is 1. The highest BCUT2D eigenvalue weighted by Crippen LogP contribution is 2.25. The highest BCUT2D eigenvalue weighted by atomic mass is 32.2. The number of benzene rings is 1. The lowest BCUT2D eigenvalue weighted by atomic mass is 10.0. The van der Waals surface area contributed by atoms with Crippen LogP contribution in [0.3, 0.4) is 0 Å². The van der Waals surface area contributed by atoms with Crippen molar-refractivity contribution in [3.63, 3.8) is 0 Å². The van der Waals surface area contributed by atoms with Crippen LogP contribution in [-0.2, 0) is 24.7 Å². The molecule has 0 aliphatic rings. The summed E-state index contributed by atoms with van der Waals surface area (Å²) in [7, 11) is 1.86. The van der Waals surface area contributed by atoms with Crippen molar-refractivity contribution in [2.45, 2.75) is 31.8 Å². The van der Waals surface area contributed by atoms with Crippen molar-refractivity contribution in [2.75, 3.05) is 11.1 Å². The van der Waals surface area contributed by atoms with Crippen LogP contribution in [0, 0.1) is 0 Å². The lowest BCUT2D eigenvalue weighted by Gasteiger charge is -2.14. The van der Waals surface area contributed by atoms with Crippen molar-refractivity contribution in [3.8, 4) is 11.6 Å². The van der Waals surface area contributed by atoms with E-state index in [1.807, 2.05) is 23.7 Å². The molecular formula is C19H22N4O2S. The van der Waals surface area contributed by atoms with Gasteiger partial charge in [0.05, 0.1) is 12.0 Å². The van der Waals surface area contributed by atoms with E-state index in [0.29, 0.717) is 16.7 Å². The van der Waals surface area contributed by atoms with E-state index < -0.39 is 0 Å². The van der Waals surface area contributed by atoms with Crippen LogP contribution >= 0.6 is 11.8 Å². The van der Waals surface area contributed by atoms with Gasteiger partial charge < -0.3 is 14.3 Å². The average Bonchev–Trinajstić information content (AvgIpc) is 3.30. The van der Waals surface area contributed by atoms with Gasteiger partial charge in [-0.15, -0.1) is 10.2 Å². The lowest BCUT2D eigenvalue weighted by molar-refractivity contribution is -0.113. The van der Waals surface area contributed by atoms with Gasteiger partial charge in [0.2, 0.25) is 5.91 Å². The Morgan fingerprint density at radius 3 is 2.50 bits per heavy atom. The molecule has 26 heavy (non-hydrogen) atoms. The minimum atomic E-state index is -0.0480. The first kappa shape index (κ1) is 18.3. The Morgan fingerprint density at radius 1 is 1.15 bits per heavy atom. The number of carbonyl (C=O) groups is 1. The molecule has 3 aromatic rings. The van der Waals surface area contributed by atoms with E-state index in [1.54, 1.807) is 12.3 Å². The van der Waals surface area contributed by atoms with Gasteiger partial charge in [-0.25, -0.2) is 0 Å². The zero-order chi connectivity index (χ0) is 18.5. The van der Waals surface area contributed by atoms with Gasteiger partial charge in [0.25, 0.3) is 0 Å². The van der Waals surface area contributed by atoms with Crippen LogP contribution in [0.4, 0.5) is 5.69 Å². The van der Waals surface area contributed by atoms with Gasteiger partial charge in [-0.2, -0.15) is 0 Å². The number of para-hydroxylation sites is 1. The Balaban J connectivity index is 1.67. The summed E-state index contributed by atoms with van der Waals surface area (Å²) < 4.78 is 7.19. The number of aryl methyl sites for hydroxylation is 2. The SMILES string of the molecule is CCc1cccc(CC)c1NC(=O)CSc1nnc(-c2ccco2)n1C. The normalized spacial score (nSPS) is 10.9. The minimum Gasteiger partial charge on any atom is -0.461 e. The number of carbonyl (C=O) groups excluding carboxylic acids is 1. The molecule has 0 saturated heterocycles. The van der Waals surface area contributed by atoms with Gasteiger partial charge >= 0.3 is 0 Å². The standard InChI is InChI=1S/C19H22N4O2S/c1-4-13-8-6-9-14(5-2)17(13)20-16(24)12-26-19-22-21-18(23(19)3)15-10-7-11-25-15/h6-11H,4-5,12H2,1-3H3,(H,20,24). The number of nitrogens with zero attached hydrogens (tertiary/aromatic N) is 3. The molecule has 1 amide bonds. The summed E-state index contributed by atoms with van der Waals surface area (Å²) in [6, 6.07) is 9.79. The molecule has 0 radical (unpaired) electrons. The van der Waals surface area contributed by atoms with Gasteiger partial charge in [-0.3, -0.25) is 4.79 Å². The quantitative estimate of drug-likeness (QED) is 0.638. The second kappa shape index (κ2) is 8.23. The van der Waals surface area contributed by atoms with Crippen molar-refractivity contribution in [3.05, 3.63) is 47.7 Å². The van der Waals surface area contributed by atoms with Crippen molar-refractivity contribution >= 4 is 23.4 Å². The Labute approximate surface area is 157 Å². The monoisotopic (exact) mass is 370 g/mol. The highest BCUT2D eigenvalue weighted by molar-refractivity contribution is 7.99.